The molecule has 0 spiro atoms. The highest BCUT2D eigenvalue weighted by molar-refractivity contribution is 5.95. The molecule has 2 fully saturated rings. The van der Waals surface area contributed by atoms with Crippen molar-refractivity contribution in [3.63, 3.8) is 0 Å². The summed E-state index contributed by atoms with van der Waals surface area (Å²) >= 11 is 0. The number of aliphatic hydroxyl groups excluding tert-OH is 1. The first-order chi connectivity index (χ1) is 16.1. The standard InChI is InChI=1S/C24H27N5O4/c1-14-13-33-10-9-29(14)22-18-6-7-19(16-5-8-20(32-2)17(11-16)12-30)25-21(18)26-24(27-22)28-23(31)15-3-4-15/h5-8,11,14-15,30H,3-4,9-10,12-13H2,1-2H3,(H,25,26,27,28,31)/t14-/m0/s1. The van der Waals surface area contributed by atoms with E-state index in [1.54, 1.807) is 7.11 Å². The van der Waals surface area contributed by atoms with Gasteiger partial charge in [-0.05, 0) is 50.1 Å². The molecule has 1 amide bonds. The molecule has 1 saturated heterocycles. The molecule has 9 nitrogen and oxygen atoms in total. The number of benzene rings is 1. The Balaban J connectivity index is 1.59. The number of amides is 1. The lowest BCUT2D eigenvalue weighted by Gasteiger charge is -2.34. The van der Waals surface area contributed by atoms with E-state index in [1.165, 1.54) is 0 Å². The van der Waals surface area contributed by atoms with Crippen molar-refractivity contribution in [3.05, 3.63) is 35.9 Å². The average molecular weight is 450 g/mol. The van der Waals surface area contributed by atoms with Gasteiger partial charge in [0.1, 0.15) is 11.6 Å². The van der Waals surface area contributed by atoms with Crippen LogP contribution in [0.5, 0.6) is 5.75 Å². The predicted molar refractivity (Wildman–Crippen MR) is 124 cm³/mol. The molecule has 2 aliphatic rings. The van der Waals surface area contributed by atoms with Crippen molar-refractivity contribution < 1.29 is 19.4 Å². The summed E-state index contributed by atoms with van der Waals surface area (Å²) < 4.78 is 10.9. The Labute approximate surface area is 191 Å². The summed E-state index contributed by atoms with van der Waals surface area (Å²) in [5, 5.41) is 13.4. The third-order valence-electron chi connectivity index (χ3n) is 6.11. The van der Waals surface area contributed by atoms with Crippen molar-refractivity contribution in [3.8, 4) is 17.0 Å². The lowest BCUT2D eigenvalue weighted by Crippen LogP contribution is -2.44. The zero-order valence-electron chi connectivity index (χ0n) is 18.7. The minimum atomic E-state index is -0.136. The molecule has 2 N–H and O–H groups in total. The summed E-state index contributed by atoms with van der Waals surface area (Å²) in [4.78, 5) is 28.7. The molecular formula is C24H27N5O4. The van der Waals surface area contributed by atoms with E-state index in [9.17, 15) is 9.90 Å². The monoisotopic (exact) mass is 449 g/mol. The lowest BCUT2D eigenvalue weighted by atomic mass is 10.1. The number of aromatic nitrogens is 3. The number of pyridine rings is 1. The van der Waals surface area contributed by atoms with E-state index >= 15 is 0 Å². The normalized spacial score (nSPS) is 18.4. The van der Waals surface area contributed by atoms with Gasteiger partial charge < -0.3 is 19.5 Å². The number of carbonyl (C=O) groups is 1. The van der Waals surface area contributed by atoms with Gasteiger partial charge >= 0.3 is 0 Å². The Morgan fingerprint density at radius 3 is 2.82 bits per heavy atom. The molecule has 1 aliphatic heterocycles. The Kier molecular flexibility index (Phi) is 5.82. The van der Waals surface area contributed by atoms with Gasteiger partial charge in [0.15, 0.2) is 5.65 Å². The summed E-state index contributed by atoms with van der Waals surface area (Å²) in [6.45, 7) is 3.87. The second kappa shape index (κ2) is 8.92. The number of fused-ring (bicyclic) bond motifs is 1. The van der Waals surface area contributed by atoms with E-state index in [4.69, 9.17) is 19.4 Å². The number of nitrogens with one attached hydrogen (secondary N) is 1. The van der Waals surface area contributed by atoms with Gasteiger partial charge in [0.2, 0.25) is 11.9 Å². The van der Waals surface area contributed by atoms with Crippen LogP contribution in [0.25, 0.3) is 22.3 Å². The van der Waals surface area contributed by atoms with Gasteiger partial charge in [-0.3, -0.25) is 10.1 Å². The van der Waals surface area contributed by atoms with Crippen LogP contribution in [0.1, 0.15) is 25.3 Å². The van der Waals surface area contributed by atoms with Gasteiger partial charge in [0, 0.05) is 23.6 Å². The molecular weight excluding hydrogens is 422 g/mol. The summed E-state index contributed by atoms with van der Waals surface area (Å²) in [5.74, 6) is 1.63. The third-order valence-corrected chi connectivity index (χ3v) is 6.11. The third kappa shape index (κ3) is 4.34. The highest BCUT2D eigenvalue weighted by Crippen LogP contribution is 2.33. The maximum absolute atomic E-state index is 12.4. The van der Waals surface area contributed by atoms with E-state index in [-0.39, 0.29) is 30.4 Å². The van der Waals surface area contributed by atoms with Gasteiger partial charge in [-0.15, -0.1) is 0 Å². The molecule has 1 aromatic carbocycles. The zero-order chi connectivity index (χ0) is 22.9. The van der Waals surface area contributed by atoms with Gasteiger partial charge in [-0.2, -0.15) is 9.97 Å². The van der Waals surface area contributed by atoms with Crippen LogP contribution in [0.2, 0.25) is 0 Å². The van der Waals surface area contributed by atoms with Crippen LogP contribution < -0.4 is 15.0 Å². The number of aliphatic hydroxyl groups is 1. The van der Waals surface area contributed by atoms with E-state index in [1.807, 2.05) is 30.3 Å². The summed E-state index contributed by atoms with van der Waals surface area (Å²) in [7, 11) is 1.57. The Morgan fingerprint density at radius 2 is 2.09 bits per heavy atom. The van der Waals surface area contributed by atoms with Gasteiger partial charge in [0.25, 0.3) is 0 Å². The number of hydrogen-bond acceptors (Lipinski definition) is 8. The molecule has 0 unspecified atom stereocenters. The molecule has 1 atom stereocenters. The van der Waals surface area contributed by atoms with Crippen LogP contribution in [-0.4, -0.2) is 58.9 Å². The highest BCUT2D eigenvalue weighted by Gasteiger charge is 2.31. The fourth-order valence-electron chi connectivity index (χ4n) is 4.09. The van der Waals surface area contributed by atoms with E-state index in [0.717, 1.165) is 29.6 Å². The molecule has 3 heterocycles. The zero-order valence-corrected chi connectivity index (χ0v) is 18.7. The number of ether oxygens (including phenoxy) is 2. The van der Waals surface area contributed by atoms with Crippen molar-refractivity contribution in [1.82, 2.24) is 15.0 Å². The van der Waals surface area contributed by atoms with Gasteiger partial charge in [-0.1, -0.05) is 0 Å². The van der Waals surface area contributed by atoms with Crippen LogP contribution in [0, 0.1) is 5.92 Å². The number of rotatable bonds is 6. The molecule has 0 bridgehead atoms. The fraction of sp³-hybridized carbons (Fsp3) is 0.417. The first-order valence-corrected chi connectivity index (χ1v) is 11.2. The maximum atomic E-state index is 12.4. The first kappa shape index (κ1) is 21.5. The van der Waals surface area contributed by atoms with E-state index in [2.05, 4.69) is 22.1 Å². The predicted octanol–water partition coefficient (Wildman–Crippen LogP) is 2.77. The van der Waals surface area contributed by atoms with Crippen molar-refractivity contribution in [1.29, 1.82) is 0 Å². The Hall–Kier alpha value is -3.30. The minimum Gasteiger partial charge on any atom is -0.496 e. The lowest BCUT2D eigenvalue weighted by molar-refractivity contribution is -0.117. The minimum absolute atomic E-state index is 0.0468. The summed E-state index contributed by atoms with van der Waals surface area (Å²) in [6, 6.07) is 9.59. The average Bonchev–Trinajstić information content (AvgIpc) is 3.69. The summed E-state index contributed by atoms with van der Waals surface area (Å²) in [5.41, 5.74) is 2.73. The number of anilines is 2. The number of morpholine rings is 1. The van der Waals surface area contributed by atoms with Crippen LogP contribution >= 0.6 is 0 Å². The topological polar surface area (TPSA) is 110 Å². The van der Waals surface area contributed by atoms with Gasteiger partial charge in [0.05, 0.1) is 44.1 Å². The molecule has 5 rings (SSSR count). The molecule has 3 aromatic rings. The van der Waals surface area contributed by atoms with Crippen molar-refractivity contribution in [2.45, 2.75) is 32.4 Å². The number of methoxy groups -OCH3 is 1. The smallest absolute Gasteiger partial charge is 0.233 e. The molecule has 172 valence electrons. The molecule has 2 aromatic heterocycles. The van der Waals surface area contributed by atoms with Gasteiger partial charge in [-0.25, -0.2) is 4.98 Å². The maximum Gasteiger partial charge on any atom is 0.233 e. The number of hydrogen-bond donors (Lipinski definition) is 2. The van der Waals surface area contributed by atoms with Crippen LogP contribution in [0.3, 0.4) is 0 Å². The van der Waals surface area contributed by atoms with E-state index < -0.39 is 0 Å². The van der Waals surface area contributed by atoms with E-state index in [0.29, 0.717) is 42.4 Å². The number of nitrogens with zero attached hydrogens (tertiary/aromatic N) is 4. The van der Waals surface area contributed by atoms with Crippen LogP contribution in [0.4, 0.5) is 11.8 Å². The second-order valence-electron chi connectivity index (χ2n) is 8.50. The molecule has 9 heteroatoms. The Morgan fingerprint density at radius 1 is 1.24 bits per heavy atom. The highest BCUT2D eigenvalue weighted by atomic mass is 16.5. The van der Waals surface area contributed by atoms with Crippen LogP contribution in [0.15, 0.2) is 30.3 Å². The SMILES string of the molecule is COc1ccc(-c2ccc3c(N4CCOC[C@@H]4C)nc(NC(=O)C4CC4)nc3n2)cc1CO. The Bertz CT molecular complexity index is 1200. The first-order valence-electron chi connectivity index (χ1n) is 11.2. The largest absolute Gasteiger partial charge is 0.496 e. The van der Waals surface area contributed by atoms with Crippen molar-refractivity contribution in [2.75, 3.05) is 37.1 Å². The molecule has 1 saturated carbocycles. The van der Waals surface area contributed by atoms with Crippen LogP contribution in [-0.2, 0) is 16.1 Å². The molecule has 1 aliphatic carbocycles. The number of carbonyl (C=O) groups excluding carboxylic acids is 1. The molecule has 0 radical (unpaired) electrons. The fourth-order valence-corrected chi connectivity index (χ4v) is 4.09. The van der Waals surface area contributed by atoms with Crippen molar-refractivity contribution >= 4 is 28.7 Å². The quantitative estimate of drug-likeness (QED) is 0.591. The van der Waals surface area contributed by atoms with Crippen molar-refractivity contribution in [2.24, 2.45) is 5.92 Å². The molecule has 33 heavy (non-hydrogen) atoms. The summed E-state index contributed by atoms with van der Waals surface area (Å²) in [6.07, 6.45) is 1.81. The second-order valence-corrected chi connectivity index (χ2v) is 8.50.